The maximum Gasteiger partial charge on any atom is 0.387 e. The Morgan fingerprint density at radius 2 is 1.67 bits per heavy atom. The van der Waals surface area contributed by atoms with Gasteiger partial charge in [-0.1, -0.05) is 0 Å². The van der Waals surface area contributed by atoms with Gasteiger partial charge in [0.15, 0.2) is 23.0 Å². The summed E-state index contributed by atoms with van der Waals surface area (Å²) in [5.41, 5.74) is 0.210. The molecule has 0 atom stereocenters. The number of ether oxygens (including phenoxy) is 4. The van der Waals surface area contributed by atoms with Gasteiger partial charge in [0.05, 0.1) is 32.3 Å². The lowest BCUT2D eigenvalue weighted by Gasteiger charge is -2.12. The maximum atomic E-state index is 12.5. The molecule has 0 unspecified atom stereocenters. The quantitative estimate of drug-likeness (QED) is 0.459. The summed E-state index contributed by atoms with van der Waals surface area (Å²) in [4.78, 5) is 23.1. The normalized spacial score (nSPS) is 10.5. The summed E-state index contributed by atoms with van der Waals surface area (Å²) in [6.07, 6.45) is 0.124. The van der Waals surface area contributed by atoms with Crippen LogP contribution in [0, 0.1) is 10.1 Å². The van der Waals surface area contributed by atoms with Crippen molar-refractivity contribution in [2.75, 3.05) is 27.9 Å². The number of benzene rings is 2. The summed E-state index contributed by atoms with van der Waals surface area (Å²) >= 11 is 0. The van der Waals surface area contributed by atoms with Gasteiger partial charge in [0.2, 0.25) is 0 Å². The van der Waals surface area contributed by atoms with Gasteiger partial charge < -0.3 is 24.3 Å². The number of carbonyl (C=O) groups excluding carboxylic acids is 1. The molecular formula is C19H20F2N2O7. The van der Waals surface area contributed by atoms with E-state index in [2.05, 4.69) is 10.1 Å². The Morgan fingerprint density at radius 1 is 1.03 bits per heavy atom. The van der Waals surface area contributed by atoms with E-state index in [1.807, 2.05) is 0 Å². The standard InChI is InChI=1S/C19H20F2N2O7/c1-27-14-5-4-12(9-17(14)30-19(20)21)18(24)22-7-6-11-8-15(28-2)16(29-3)10-13(11)23(25)26/h4-5,8-10,19H,6-7H2,1-3H3,(H,22,24). The van der Waals surface area contributed by atoms with E-state index >= 15 is 0 Å². The minimum Gasteiger partial charge on any atom is -0.493 e. The largest absolute Gasteiger partial charge is 0.493 e. The van der Waals surface area contributed by atoms with Crippen molar-refractivity contribution in [2.24, 2.45) is 0 Å². The number of nitro benzene ring substituents is 1. The highest BCUT2D eigenvalue weighted by Gasteiger charge is 2.20. The maximum absolute atomic E-state index is 12.5. The van der Waals surface area contributed by atoms with Crippen LogP contribution in [0.25, 0.3) is 0 Å². The summed E-state index contributed by atoms with van der Waals surface area (Å²) in [5.74, 6) is -0.279. The molecular weight excluding hydrogens is 406 g/mol. The molecule has 0 saturated carbocycles. The number of nitrogens with one attached hydrogen (secondary N) is 1. The summed E-state index contributed by atoms with van der Waals surface area (Å²) in [6.45, 7) is -3.03. The highest BCUT2D eigenvalue weighted by atomic mass is 19.3. The molecule has 0 heterocycles. The molecule has 11 heteroatoms. The lowest BCUT2D eigenvalue weighted by atomic mass is 10.1. The highest BCUT2D eigenvalue weighted by molar-refractivity contribution is 5.94. The molecule has 9 nitrogen and oxygen atoms in total. The number of nitrogens with zero attached hydrogens (tertiary/aromatic N) is 1. The summed E-state index contributed by atoms with van der Waals surface area (Å²) in [5, 5.41) is 13.9. The lowest BCUT2D eigenvalue weighted by Crippen LogP contribution is -2.26. The molecule has 2 aromatic carbocycles. The number of nitro groups is 1. The van der Waals surface area contributed by atoms with Crippen LogP contribution in [-0.4, -0.2) is 45.3 Å². The van der Waals surface area contributed by atoms with Gasteiger partial charge in [-0.2, -0.15) is 8.78 Å². The van der Waals surface area contributed by atoms with Crippen LogP contribution in [0.3, 0.4) is 0 Å². The van der Waals surface area contributed by atoms with Crippen molar-refractivity contribution in [2.45, 2.75) is 13.0 Å². The molecule has 0 fully saturated rings. The topological polar surface area (TPSA) is 109 Å². The predicted molar refractivity (Wildman–Crippen MR) is 102 cm³/mol. The molecule has 0 aromatic heterocycles. The summed E-state index contributed by atoms with van der Waals surface area (Å²) in [7, 11) is 4.05. The fourth-order valence-corrected chi connectivity index (χ4v) is 2.70. The van der Waals surface area contributed by atoms with E-state index in [0.29, 0.717) is 11.3 Å². The van der Waals surface area contributed by atoms with Crippen molar-refractivity contribution in [3.05, 3.63) is 51.6 Å². The number of methoxy groups -OCH3 is 3. The van der Waals surface area contributed by atoms with Crippen LogP contribution in [0.2, 0.25) is 0 Å². The van der Waals surface area contributed by atoms with Gasteiger partial charge in [-0.15, -0.1) is 0 Å². The third-order valence-electron chi connectivity index (χ3n) is 4.10. The average molecular weight is 426 g/mol. The molecule has 0 radical (unpaired) electrons. The van der Waals surface area contributed by atoms with Gasteiger partial charge in [0.1, 0.15) is 0 Å². The molecule has 0 saturated heterocycles. The number of halogens is 2. The van der Waals surface area contributed by atoms with Crippen LogP contribution in [0.5, 0.6) is 23.0 Å². The second-order valence-electron chi connectivity index (χ2n) is 5.84. The summed E-state index contributed by atoms with van der Waals surface area (Å²) in [6, 6.07) is 6.54. The van der Waals surface area contributed by atoms with Crippen molar-refractivity contribution in [1.82, 2.24) is 5.32 Å². The van der Waals surface area contributed by atoms with E-state index in [-0.39, 0.29) is 41.5 Å². The van der Waals surface area contributed by atoms with Crippen LogP contribution < -0.4 is 24.3 Å². The smallest absolute Gasteiger partial charge is 0.387 e. The SMILES string of the molecule is COc1cc(CCNC(=O)c2ccc(OC)c(OC(F)F)c2)c([N+](=O)[O-])cc1OC. The molecule has 1 amide bonds. The molecule has 0 spiro atoms. The lowest BCUT2D eigenvalue weighted by molar-refractivity contribution is -0.385. The molecule has 162 valence electrons. The second-order valence-corrected chi connectivity index (χ2v) is 5.84. The number of hydrogen-bond donors (Lipinski definition) is 1. The molecule has 0 aliphatic rings. The van der Waals surface area contributed by atoms with Gasteiger partial charge in [0.25, 0.3) is 11.6 Å². The first-order valence-corrected chi connectivity index (χ1v) is 8.61. The van der Waals surface area contributed by atoms with Crippen molar-refractivity contribution in [1.29, 1.82) is 0 Å². The van der Waals surface area contributed by atoms with Crippen LogP contribution in [0.4, 0.5) is 14.5 Å². The van der Waals surface area contributed by atoms with Crippen molar-refractivity contribution in [3.63, 3.8) is 0 Å². The van der Waals surface area contributed by atoms with Crippen molar-refractivity contribution >= 4 is 11.6 Å². The molecule has 0 aliphatic heterocycles. The van der Waals surface area contributed by atoms with Crippen LogP contribution >= 0.6 is 0 Å². The fourth-order valence-electron chi connectivity index (χ4n) is 2.70. The van der Waals surface area contributed by atoms with E-state index in [9.17, 15) is 23.7 Å². The molecule has 0 aliphatic carbocycles. The van der Waals surface area contributed by atoms with Crippen LogP contribution in [-0.2, 0) is 6.42 Å². The Kier molecular flexibility index (Phi) is 7.73. The van der Waals surface area contributed by atoms with E-state index < -0.39 is 17.4 Å². The van der Waals surface area contributed by atoms with E-state index in [1.54, 1.807) is 0 Å². The first kappa shape index (κ1) is 22.7. The Hall–Kier alpha value is -3.63. The second kappa shape index (κ2) is 10.2. The molecule has 2 aromatic rings. The van der Waals surface area contributed by atoms with Gasteiger partial charge in [0, 0.05) is 17.7 Å². The minimum absolute atomic E-state index is 0.0478. The van der Waals surface area contributed by atoms with Gasteiger partial charge >= 0.3 is 6.61 Å². The Balaban J connectivity index is 2.13. The Labute approximate surface area is 170 Å². The minimum atomic E-state index is -3.08. The molecule has 30 heavy (non-hydrogen) atoms. The number of amides is 1. The first-order valence-electron chi connectivity index (χ1n) is 8.61. The number of rotatable bonds is 10. The third kappa shape index (κ3) is 5.46. The number of hydrogen-bond acceptors (Lipinski definition) is 7. The zero-order valence-electron chi connectivity index (χ0n) is 16.4. The molecule has 2 rings (SSSR count). The zero-order valence-corrected chi connectivity index (χ0v) is 16.4. The van der Waals surface area contributed by atoms with Crippen LogP contribution in [0.15, 0.2) is 30.3 Å². The molecule has 1 N–H and O–H groups in total. The Morgan fingerprint density at radius 3 is 2.23 bits per heavy atom. The number of carbonyl (C=O) groups is 1. The summed E-state index contributed by atoms with van der Waals surface area (Å²) < 4.78 is 44.5. The third-order valence-corrected chi connectivity index (χ3v) is 4.10. The van der Waals surface area contributed by atoms with E-state index in [0.717, 1.165) is 6.07 Å². The van der Waals surface area contributed by atoms with Gasteiger partial charge in [-0.3, -0.25) is 14.9 Å². The van der Waals surface area contributed by atoms with E-state index in [1.165, 1.54) is 45.6 Å². The first-order chi connectivity index (χ1) is 14.3. The fraction of sp³-hybridized carbons (Fsp3) is 0.316. The van der Waals surface area contributed by atoms with Crippen LogP contribution in [0.1, 0.15) is 15.9 Å². The predicted octanol–water partition coefficient (Wildman–Crippen LogP) is 3.19. The molecule has 0 bridgehead atoms. The number of alkyl halides is 2. The highest BCUT2D eigenvalue weighted by Crippen LogP contribution is 2.34. The zero-order chi connectivity index (χ0) is 22.3. The van der Waals surface area contributed by atoms with Crippen molar-refractivity contribution in [3.8, 4) is 23.0 Å². The average Bonchev–Trinajstić information content (AvgIpc) is 2.72. The van der Waals surface area contributed by atoms with Gasteiger partial charge in [-0.25, -0.2) is 0 Å². The Bertz CT molecular complexity index is 922. The van der Waals surface area contributed by atoms with Gasteiger partial charge in [-0.05, 0) is 30.7 Å². The monoisotopic (exact) mass is 426 g/mol. The van der Waals surface area contributed by atoms with E-state index in [4.69, 9.17) is 14.2 Å². The van der Waals surface area contributed by atoms with Crippen molar-refractivity contribution < 1.29 is 37.4 Å².